The van der Waals surface area contributed by atoms with E-state index in [0.717, 1.165) is 0 Å². The van der Waals surface area contributed by atoms with Crippen LogP contribution in [0.5, 0.6) is 0 Å². The van der Waals surface area contributed by atoms with Gasteiger partial charge in [0.25, 0.3) is 0 Å². The van der Waals surface area contributed by atoms with Crippen LogP contribution < -0.4 is 0 Å². The normalized spacial score (nSPS) is 13.5. The van der Waals surface area contributed by atoms with Crippen LogP contribution in [0.25, 0.3) is 11.1 Å². The molecule has 2 unspecified atom stereocenters. The molecule has 2 aromatic carbocycles. The summed E-state index contributed by atoms with van der Waals surface area (Å²) in [6, 6.07) is 20.2. The van der Waals surface area contributed by atoms with E-state index in [1.54, 1.807) is 0 Å². The second-order valence-electron chi connectivity index (χ2n) is 7.87. The first-order valence-electron chi connectivity index (χ1n) is 10.7. The molecule has 2 atom stereocenters. The summed E-state index contributed by atoms with van der Waals surface area (Å²) in [6.45, 7) is 9.24. The average Bonchev–Trinajstić information content (AvgIpc) is 2.68. The fourth-order valence-electron chi connectivity index (χ4n) is 3.63. The molecule has 2 aromatic rings. The molecular formula is C26H36. The number of rotatable bonds is 11. The van der Waals surface area contributed by atoms with Crippen molar-refractivity contribution in [2.75, 3.05) is 0 Å². The van der Waals surface area contributed by atoms with Gasteiger partial charge in [-0.25, -0.2) is 0 Å². The summed E-state index contributed by atoms with van der Waals surface area (Å²) >= 11 is 0. The summed E-state index contributed by atoms with van der Waals surface area (Å²) < 4.78 is 0. The van der Waals surface area contributed by atoms with E-state index in [1.165, 1.54) is 73.6 Å². The molecule has 0 nitrogen and oxygen atoms in total. The van der Waals surface area contributed by atoms with Crippen LogP contribution in [-0.2, 0) is 0 Å². The smallest absolute Gasteiger partial charge is 0.00960 e. The SMILES string of the molecule is CCCCCC(C)c1cc[c]c(-c2[c]ccc(C(C)CCCCC)c2)c1. The van der Waals surface area contributed by atoms with Crippen LogP contribution in [0.2, 0.25) is 0 Å². The molecule has 26 heavy (non-hydrogen) atoms. The Morgan fingerprint density at radius 3 is 1.50 bits per heavy atom. The number of hydrogen-bond donors (Lipinski definition) is 0. The van der Waals surface area contributed by atoms with Gasteiger partial charge < -0.3 is 0 Å². The fourth-order valence-corrected chi connectivity index (χ4v) is 3.63. The molecule has 2 rings (SSSR count). The van der Waals surface area contributed by atoms with Gasteiger partial charge in [0.2, 0.25) is 0 Å². The van der Waals surface area contributed by atoms with Gasteiger partial charge in [0, 0.05) is 0 Å². The number of hydrogen-bond acceptors (Lipinski definition) is 0. The maximum absolute atomic E-state index is 3.43. The highest BCUT2D eigenvalue weighted by Gasteiger charge is 2.10. The van der Waals surface area contributed by atoms with Gasteiger partial charge in [-0.05, 0) is 59.1 Å². The second kappa shape index (κ2) is 11.2. The topological polar surface area (TPSA) is 0 Å². The van der Waals surface area contributed by atoms with Crippen LogP contribution in [0.3, 0.4) is 0 Å². The molecule has 0 bridgehead atoms. The molecule has 0 heteroatoms. The lowest BCUT2D eigenvalue weighted by molar-refractivity contribution is 0.598. The zero-order valence-corrected chi connectivity index (χ0v) is 17.3. The van der Waals surface area contributed by atoms with Gasteiger partial charge in [0.15, 0.2) is 0 Å². The van der Waals surface area contributed by atoms with Crippen molar-refractivity contribution >= 4 is 0 Å². The van der Waals surface area contributed by atoms with Crippen LogP contribution in [0.1, 0.15) is 102 Å². The molecule has 0 aromatic heterocycles. The average molecular weight is 349 g/mol. The zero-order chi connectivity index (χ0) is 18.8. The predicted octanol–water partition coefficient (Wildman–Crippen LogP) is 8.32. The number of unbranched alkanes of at least 4 members (excludes halogenated alkanes) is 4. The largest absolute Gasteiger partial charge is 0.0654 e. The molecule has 0 N–H and O–H groups in total. The lowest BCUT2D eigenvalue weighted by atomic mass is 9.90. The summed E-state index contributed by atoms with van der Waals surface area (Å²) in [4.78, 5) is 0. The summed E-state index contributed by atoms with van der Waals surface area (Å²) in [7, 11) is 0. The van der Waals surface area contributed by atoms with Crippen molar-refractivity contribution in [2.24, 2.45) is 0 Å². The van der Waals surface area contributed by atoms with E-state index < -0.39 is 0 Å². The Labute approximate surface area is 162 Å². The van der Waals surface area contributed by atoms with Gasteiger partial charge in [0.05, 0.1) is 0 Å². The highest BCUT2D eigenvalue weighted by molar-refractivity contribution is 5.64. The summed E-state index contributed by atoms with van der Waals surface area (Å²) in [6.07, 6.45) is 10.4. The molecule has 2 radical (unpaired) electrons. The van der Waals surface area contributed by atoms with Crippen LogP contribution in [0.15, 0.2) is 36.4 Å². The third-order valence-electron chi connectivity index (χ3n) is 5.56. The van der Waals surface area contributed by atoms with Crippen molar-refractivity contribution in [3.8, 4) is 11.1 Å². The van der Waals surface area contributed by atoms with E-state index in [1.807, 2.05) is 0 Å². The third-order valence-corrected chi connectivity index (χ3v) is 5.56. The first kappa shape index (κ1) is 20.7. The Balaban J connectivity index is 2.10. The van der Waals surface area contributed by atoms with Gasteiger partial charge in [0.1, 0.15) is 0 Å². The Hall–Kier alpha value is -1.56. The Bertz CT molecular complexity index is 582. The van der Waals surface area contributed by atoms with Gasteiger partial charge >= 0.3 is 0 Å². The van der Waals surface area contributed by atoms with E-state index >= 15 is 0 Å². The van der Waals surface area contributed by atoms with Crippen LogP contribution >= 0.6 is 0 Å². The standard InChI is InChI=1S/C26H36/c1-5-7-9-13-21(3)23-15-11-17-25(19-23)26-18-12-16-24(20-26)22(4)14-10-8-6-2/h11-12,15-16,19-22H,5-10,13-14H2,1-4H3. The molecule has 0 saturated heterocycles. The van der Waals surface area contributed by atoms with E-state index in [-0.39, 0.29) is 0 Å². The van der Waals surface area contributed by atoms with E-state index in [2.05, 4.69) is 76.2 Å². The van der Waals surface area contributed by atoms with Crippen molar-refractivity contribution in [3.63, 3.8) is 0 Å². The van der Waals surface area contributed by atoms with Crippen LogP contribution in [0.4, 0.5) is 0 Å². The van der Waals surface area contributed by atoms with E-state index in [0.29, 0.717) is 11.8 Å². The van der Waals surface area contributed by atoms with Crippen molar-refractivity contribution in [3.05, 3.63) is 59.7 Å². The maximum Gasteiger partial charge on any atom is -0.00960 e. The van der Waals surface area contributed by atoms with Crippen molar-refractivity contribution in [2.45, 2.75) is 90.9 Å². The molecule has 0 spiro atoms. The fraction of sp³-hybridized carbons (Fsp3) is 0.538. The van der Waals surface area contributed by atoms with Gasteiger partial charge in [-0.2, -0.15) is 0 Å². The molecular weight excluding hydrogens is 312 g/mol. The molecule has 0 fully saturated rings. The van der Waals surface area contributed by atoms with E-state index in [4.69, 9.17) is 0 Å². The highest BCUT2D eigenvalue weighted by atomic mass is 14.1. The van der Waals surface area contributed by atoms with Crippen molar-refractivity contribution in [1.82, 2.24) is 0 Å². The van der Waals surface area contributed by atoms with Gasteiger partial charge in [-0.1, -0.05) is 103 Å². The first-order chi connectivity index (χ1) is 12.7. The highest BCUT2D eigenvalue weighted by Crippen LogP contribution is 2.29. The lowest BCUT2D eigenvalue weighted by Gasteiger charge is -2.15. The maximum atomic E-state index is 3.43. The Morgan fingerprint density at radius 2 is 1.12 bits per heavy atom. The van der Waals surface area contributed by atoms with Crippen LogP contribution in [-0.4, -0.2) is 0 Å². The lowest BCUT2D eigenvalue weighted by Crippen LogP contribution is -1.96. The van der Waals surface area contributed by atoms with Gasteiger partial charge in [-0.15, -0.1) is 0 Å². The van der Waals surface area contributed by atoms with Crippen LogP contribution in [0, 0.1) is 12.1 Å². The molecule has 0 amide bonds. The minimum Gasteiger partial charge on any atom is -0.0654 e. The van der Waals surface area contributed by atoms with Crippen molar-refractivity contribution < 1.29 is 0 Å². The monoisotopic (exact) mass is 348 g/mol. The quantitative estimate of drug-likeness (QED) is 0.358. The minimum absolute atomic E-state index is 0.617. The molecule has 0 aliphatic rings. The zero-order valence-electron chi connectivity index (χ0n) is 17.3. The first-order valence-corrected chi connectivity index (χ1v) is 10.7. The molecule has 0 aliphatic carbocycles. The Morgan fingerprint density at radius 1 is 0.692 bits per heavy atom. The summed E-state index contributed by atoms with van der Waals surface area (Å²) in [5, 5.41) is 0. The molecule has 0 saturated carbocycles. The number of benzene rings is 2. The molecule has 0 aliphatic heterocycles. The summed E-state index contributed by atoms with van der Waals surface area (Å²) in [5.74, 6) is 1.23. The molecule has 140 valence electrons. The van der Waals surface area contributed by atoms with Gasteiger partial charge in [-0.3, -0.25) is 0 Å². The van der Waals surface area contributed by atoms with Crippen molar-refractivity contribution in [1.29, 1.82) is 0 Å². The molecule has 0 heterocycles. The second-order valence-corrected chi connectivity index (χ2v) is 7.87. The minimum atomic E-state index is 0.617. The Kier molecular flexibility index (Phi) is 8.95. The summed E-state index contributed by atoms with van der Waals surface area (Å²) in [5.41, 5.74) is 5.24. The van der Waals surface area contributed by atoms with E-state index in [9.17, 15) is 0 Å². The third kappa shape index (κ3) is 6.31. The predicted molar refractivity (Wildman–Crippen MR) is 115 cm³/mol.